The molecule has 1 N–H and O–H groups in total. The second-order valence-corrected chi connectivity index (χ2v) is 11.7. The normalized spacial score (nSPS) is 19.2. The zero-order chi connectivity index (χ0) is 22.9. The number of nitrogens with zero attached hydrogens (tertiary/aromatic N) is 1. The lowest BCUT2D eigenvalue weighted by atomic mass is 9.72. The van der Waals surface area contributed by atoms with E-state index in [2.05, 4.69) is 30.7 Å². The lowest BCUT2D eigenvalue weighted by Crippen LogP contribution is -2.30. The Kier molecular flexibility index (Phi) is 6.77. The maximum Gasteiger partial charge on any atom is 0.316 e. The second-order valence-electron chi connectivity index (χ2n) is 9.57. The molecule has 1 aliphatic rings. The first-order valence-electron chi connectivity index (χ1n) is 11.1. The van der Waals surface area contributed by atoms with E-state index in [0.717, 1.165) is 41.7 Å². The van der Waals surface area contributed by atoms with Crippen molar-refractivity contribution in [3.8, 4) is 11.1 Å². The molecule has 0 bridgehead atoms. The highest BCUT2D eigenvalue weighted by Gasteiger charge is 2.31. The molecule has 0 amide bonds. The summed E-state index contributed by atoms with van der Waals surface area (Å²) in [6, 6.07) is 9.89. The van der Waals surface area contributed by atoms with Gasteiger partial charge in [0.2, 0.25) is 0 Å². The number of esters is 1. The van der Waals surface area contributed by atoms with Gasteiger partial charge in [0.1, 0.15) is 10.9 Å². The number of thiophene rings is 1. The average Bonchev–Trinajstić information content (AvgIpc) is 3.09. The number of H-pyrrole nitrogens is 1. The molecule has 0 unspecified atom stereocenters. The number of fused-ring (bicyclic) bond motifs is 1. The molecule has 7 heteroatoms. The molecule has 0 aliphatic heterocycles. The number of aryl methyl sites for hydroxylation is 1. The predicted molar refractivity (Wildman–Crippen MR) is 132 cm³/mol. The van der Waals surface area contributed by atoms with E-state index < -0.39 is 0 Å². The summed E-state index contributed by atoms with van der Waals surface area (Å²) in [5.41, 5.74) is 2.08. The molecule has 1 fully saturated rings. The molecule has 1 aromatic carbocycles. The topological polar surface area (TPSA) is 72.0 Å². The smallest absolute Gasteiger partial charge is 0.316 e. The van der Waals surface area contributed by atoms with E-state index >= 15 is 0 Å². The van der Waals surface area contributed by atoms with Crippen molar-refractivity contribution >= 4 is 39.3 Å². The van der Waals surface area contributed by atoms with Gasteiger partial charge in [0.15, 0.2) is 5.16 Å². The molecule has 0 spiro atoms. The Morgan fingerprint density at radius 2 is 1.88 bits per heavy atom. The van der Waals surface area contributed by atoms with E-state index in [4.69, 9.17) is 4.74 Å². The van der Waals surface area contributed by atoms with Gasteiger partial charge in [-0.15, -0.1) is 11.3 Å². The number of aromatic nitrogens is 2. The van der Waals surface area contributed by atoms with Gasteiger partial charge in [0.05, 0.1) is 11.1 Å². The van der Waals surface area contributed by atoms with E-state index in [1.165, 1.54) is 23.1 Å². The van der Waals surface area contributed by atoms with Crippen molar-refractivity contribution in [3.05, 3.63) is 45.6 Å². The summed E-state index contributed by atoms with van der Waals surface area (Å²) >= 11 is 2.73. The van der Waals surface area contributed by atoms with E-state index in [-0.39, 0.29) is 23.4 Å². The van der Waals surface area contributed by atoms with Gasteiger partial charge < -0.3 is 9.72 Å². The minimum absolute atomic E-state index is 0.00423. The number of benzene rings is 1. The fourth-order valence-electron chi connectivity index (χ4n) is 4.51. The van der Waals surface area contributed by atoms with Crippen LogP contribution in [-0.2, 0) is 9.53 Å². The van der Waals surface area contributed by atoms with Gasteiger partial charge in [-0.3, -0.25) is 9.59 Å². The van der Waals surface area contributed by atoms with Crippen LogP contribution in [0.15, 0.2) is 40.3 Å². The first-order valence-corrected chi connectivity index (χ1v) is 12.9. The standard InChI is InChI=1S/C25H30N2O3S2/c1-15-20(16-8-6-5-7-9-16)21-22(29)26-24(27-23(21)32-15)31-14-19(28)30-18-12-10-17(11-13-18)25(2,3)4/h5-9,17-18H,10-14H2,1-4H3,(H,26,27,29). The molecule has 2 aromatic heterocycles. The summed E-state index contributed by atoms with van der Waals surface area (Å²) in [7, 11) is 0. The maximum absolute atomic E-state index is 12.9. The Bertz CT molecular complexity index is 1150. The van der Waals surface area contributed by atoms with Crippen LogP contribution in [0.3, 0.4) is 0 Å². The number of hydrogen-bond donors (Lipinski definition) is 1. The Morgan fingerprint density at radius 3 is 2.53 bits per heavy atom. The van der Waals surface area contributed by atoms with Crippen molar-refractivity contribution in [2.75, 3.05) is 5.75 Å². The second kappa shape index (κ2) is 9.40. The molecule has 0 atom stereocenters. The number of carbonyl (C=O) groups excluding carboxylic acids is 1. The van der Waals surface area contributed by atoms with E-state index in [0.29, 0.717) is 26.7 Å². The van der Waals surface area contributed by atoms with Gasteiger partial charge in [-0.05, 0) is 49.5 Å². The molecular weight excluding hydrogens is 440 g/mol. The van der Waals surface area contributed by atoms with Crippen LogP contribution in [0.4, 0.5) is 0 Å². The minimum atomic E-state index is -0.246. The van der Waals surface area contributed by atoms with Gasteiger partial charge in [0, 0.05) is 10.4 Å². The first-order chi connectivity index (χ1) is 15.2. The Morgan fingerprint density at radius 1 is 1.19 bits per heavy atom. The summed E-state index contributed by atoms with van der Waals surface area (Å²) in [5, 5.41) is 1.07. The molecule has 1 aliphatic carbocycles. The SMILES string of the molecule is Cc1sc2nc(SCC(=O)OC3CCC(C(C)(C)C)CC3)[nH]c(=O)c2c1-c1ccccc1. The highest BCUT2D eigenvalue weighted by atomic mass is 32.2. The van der Waals surface area contributed by atoms with Crippen molar-refractivity contribution < 1.29 is 9.53 Å². The van der Waals surface area contributed by atoms with Crippen molar-refractivity contribution in [1.82, 2.24) is 9.97 Å². The number of nitrogens with one attached hydrogen (secondary N) is 1. The fourth-order valence-corrected chi connectivity index (χ4v) is 6.26. The van der Waals surface area contributed by atoms with Crippen LogP contribution in [0.1, 0.15) is 51.3 Å². The summed E-state index contributed by atoms with van der Waals surface area (Å²) in [6.45, 7) is 8.85. The summed E-state index contributed by atoms with van der Waals surface area (Å²) in [5.74, 6) is 0.580. The molecule has 2 heterocycles. The molecule has 32 heavy (non-hydrogen) atoms. The Labute approximate surface area is 197 Å². The summed E-state index contributed by atoms with van der Waals surface area (Å²) in [6.07, 6.45) is 4.06. The average molecular weight is 471 g/mol. The Balaban J connectivity index is 1.40. The highest BCUT2D eigenvalue weighted by Crippen LogP contribution is 2.39. The third kappa shape index (κ3) is 5.09. The molecule has 4 rings (SSSR count). The van der Waals surface area contributed by atoms with Crippen molar-refractivity contribution in [2.45, 2.75) is 64.6 Å². The number of rotatable bonds is 5. The van der Waals surface area contributed by atoms with Crippen LogP contribution in [0.5, 0.6) is 0 Å². The lowest BCUT2D eigenvalue weighted by Gasteiger charge is -2.36. The minimum Gasteiger partial charge on any atom is -0.462 e. The lowest BCUT2D eigenvalue weighted by molar-refractivity contribution is -0.148. The number of thioether (sulfide) groups is 1. The molecule has 3 aromatic rings. The number of aromatic amines is 1. The monoisotopic (exact) mass is 470 g/mol. The third-order valence-corrected chi connectivity index (χ3v) is 8.15. The third-order valence-electron chi connectivity index (χ3n) is 6.30. The molecule has 1 saturated carbocycles. The van der Waals surface area contributed by atoms with Gasteiger partial charge in [0.25, 0.3) is 5.56 Å². The van der Waals surface area contributed by atoms with Crippen molar-refractivity contribution in [1.29, 1.82) is 0 Å². The largest absolute Gasteiger partial charge is 0.462 e. The molecule has 170 valence electrons. The first kappa shape index (κ1) is 23.1. The Hall–Kier alpha value is -2.12. The van der Waals surface area contributed by atoms with Crippen LogP contribution in [0.25, 0.3) is 21.3 Å². The van der Waals surface area contributed by atoms with Crippen LogP contribution < -0.4 is 5.56 Å². The van der Waals surface area contributed by atoms with Crippen LogP contribution >= 0.6 is 23.1 Å². The van der Waals surface area contributed by atoms with Gasteiger partial charge >= 0.3 is 5.97 Å². The molecule has 0 saturated heterocycles. The molecule has 0 radical (unpaired) electrons. The maximum atomic E-state index is 12.9. The predicted octanol–water partition coefficient (Wildman–Crippen LogP) is 6.20. The quantitative estimate of drug-likeness (QED) is 0.273. The molecular formula is C25H30N2O3S2. The fraction of sp³-hybridized carbons (Fsp3) is 0.480. The zero-order valence-electron chi connectivity index (χ0n) is 19.1. The summed E-state index contributed by atoms with van der Waals surface area (Å²) < 4.78 is 5.70. The summed E-state index contributed by atoms with van der Waals surface area (Å²) in [4.78, 5) is 34.5. The van der Waals surface area contributed by atoms with Crippen LogP contribution in [0.2, 0.25) is 0 Å². The van der Waals surface area contributed by atoms with Gasteiger partial charge in [-0.2, -0.15) is 0 Å². The number of ether oxygens (including phenoxy) is 1. The van der Waals surface area contributed by atoms with Crippen molar-refractivity contribution in [2.24, 2.45) is 11.3 Å². The van der Waals surface area contributed by atoms with E-state index in [9.17, 15) is 9.59 Å². The molecule has 5 nitrogen and oxygen atoms in total. The van der Waals surface area contributed by atoms with Crippen LogP contribution in [0, 0.1) is 18.3 Å². The van der Waals surface area contributed by atoms with Crippen LogP contribution in [-0.4, -0.2) is 27.8 Å². The van der Waals surface area contributed by atoms with Crippen molar-refractivity contribution in [3.63, 3.8) is 0 Å². The van der Waals surface area contributed by atoms with Gasteiger partial charge in [-0.1, -0.05) is 62.9 Å². The van der Waals surface area contributed by atoms with E-state index in [1.807, 2.05) is 37.3 Å². The van der Waals surface area contributed by atoms with E-state index in [1.54, 1.807) is 0 Å². The highest BCUT2D eigenvalue weighted by molar-refractivity contribution is 7.99. The van der Waals surface area contributed by atoms with Gasteiger partial charge in [-0.25, -0.2) is 4.98 Å². The zero-order valence-corrected chi connectivity index (χ0v) is 20.7. The number of hydrogen-bond acceptors (Lipinski definition) is 6. The number of carbonyl (C=O) groups is 1.